The van der Waals surface area contributed by atoms with E-state index in [1.54, 1.807) is 32.5 Å². The van der Waals surface area contributed by atoms with E-state index in [1.165, 1.54) is 7.11 Å². The zero-order valence-electron chi connectivity index (χ0n) is 18.7. The number of rotatable bonds is 8. The Hall–Kier alpha value is -4.34. The van der Waals surface area contributed by atoms with Crippen molar-refractivity contribution in [3.8, 4) is 17.2 Å². The van der Waals surface area contributed by atoms with Gasteiger partial charge in [0.15, 0.2) is 11.5 Å². The number of amides is 1. The van der Waals surface area contributed by atoms with Crippen LogP contribution in [0.1, 0.15) is 29.1 Å². The monoisotopic (exact) mass is 448 g/mol. The number of para-hydroxylation sites is 1. The molecule has 0 aliphatic rings. The maximum absolute atomic E-state index is 12.6. The first-order valence-electron chi connectivity index (χ1n) is 10.2. The molecule has 4 aromatic rings. The minimum absolute atomic E-state index is 0.236. The van der Waals surface area contributed by atoms with Crippen molar-refractivity contribution in [3.63, 3.8) is 0 Å². The number of carbonyl (C=O) groups is 1. The second-order valence-corrected chi connectivity index (χ2v) is 7.21. The number of nitrogens with zero attached hydrogens (tertiary/aromatic N) is 3. The summed E-state index contributed by atoms with van der Waals surface area (Å²) in [6, 6.07) is 12.6. The molecule has 0 spiro atoms. The Morgan fingerprint density at radius 2 is 1.73 bits per heavy atom. The number of nitrogens with one attached hydrogen (secondary N) is 3. The van der Waals surface area contributed by atoms with Crippen molar-refractivity contribution in [2.24, 2.45) is 0 Å². The molecule has 0 saturated carbocycles. The Morgan fingerprint density at radius 3 is 2.33 bits per heavy atom. The highest BCUT2D eigenvalue weighted by molar-refractivity contribution is 5.98. The molecule has 4 rings (SSSR count). The number of fused-ring (bicyclic) bond motifs is 1. The van der Waals surface area contributed by atoms with Gasteiger partial charge in [-0.1, -0.05) is 18.2 Å². The number of aromatic nitrogens is 4. The molecule has 0 aliphatic carbocycles. The first-order valence-corrected chi connectivity index (χ1v) is 10.2. The summed E-state index contributed by atoms with van der Waals surface area (Å²) in [7, 11) is 4.62. The predicted octanol–water partition coefficient (Wildman–Crippen LogP) is 3.61. The molecule has 2 aromatic heterocycles. The summed E-state index contributed by atoms with van der Waals surface area (Å²) < 4.78 is 16.0. The lowest BCUT2D eigenvalue weighted by molar-refractivity contribution is 0.0934. The molecular formula is C23H24N6O4. The number of benzene rings is 2. The van der Waals surface area contributed by atoms with Crippen molar-refractivity contribution in [2.45, 2.75) is 13.0 Å². The van der Waals surface area contributed by atoms with Gasteiger partial charge in [-0.25, -0.2) is 4.98 Å². The molecule has 170 valence electrons. The molecule has 0 saturated heterocycles. The fourth-order valence-electron chi connectivity index (χ4n) is 3.37. The zero-order valence-corrected chi connectivity index (χ0v) is 18.7. The van der Waals surface area contributed by atoms with Crippen LogP contribution in [-0.2, 0) is 0 Å². The van der Waals surface area contributed by atoms with Gasteiger partial charge in [0.25, 0.3) is 5.91 Å². The Labute approximate surface area is 190 Å². The standard InChI is InChI=1S/C23H24N6O4/c1-13(25-22(30)17-9-14-7-5-6-8-16(14)27-17)18-12-24-23(29-28-18)26-15-10-19(31-2)21(33-4)20(11-15)32-3/h5-13,27H,1-4H3,(H,25,30)(H,24,26,29). The van der Waals surface area contributed by atoms with Crippen LogP contribution < -0.4 is 24.8 Å². The Bertz CT molecular complexity index is 1210. The lowest BCUT2D eigenvalue weighted by Crippen LogP contribution is -2.27. The molecule has 0 aliphatic heterocycles. The fourth-order valence-corrected chi connectivity index (χ4v) is 3.37. The van der Waals surface area contributed by atoms with E-state index in [4.69, 9.17) is 14.2 Å². The van der Waals surface area contributed by atoms with Crippen molar-refractivity contribution in [1.29, 1.82) is 0 Å². The van der Waals surface area contributed by atoms with Gasteiger partial charge < -0.3 is 29.8 Å². The van der Waals surface area contributed by atoms with Gasteiger partial charge in [0.1, 0.15) is 11.4 Å². The van der Waals surface area contributed by atoms with Gasteiger partial charge in [0.05, 0.1) is 33.6 Å². The maximum Gasteiger partial charge on any atom is 0.268 e. The van der Waals surface area contributed by atoms with E-state index in [0.29, 0.717) is 34.3 Å². The van der Waals surface area contributed by atoms with E-state index in [0.717, 1.165) is 10.9 Å². The molecule has 3 N–H and O–H groups in total. The molecule has 1 atom stereocenters. The lowest BCUT2D eigenvalue weighted by Gasteiger charge is -2.15. The van der Waals surface area contributed by atoms with E-state index in [2.05, 4.69) is 30.8 Å². The van der Waals surface area contributed by atoms with Gasteiger partial charge >= 0.3 is 0 Å². The number of aromatic amines is 1. The van der Waals surface area contributed by atoms with Gasteiger partial charge in [0, 0.05) is 28.7 Å². The van der Waals surface area contributed by atoms with Crippen LogP contribution in [0.25, 0.3) is 10.9 Å². The van der Waals surface area contributed by atoms with Gasteiger partial charge in [-0.05, 0) is 19.1 Å². The summed E-state index contributed by atoms with van der Waals surface area (Å²) in [5.74, 6) is 1.52. The Balaban J connectivity index is 1.45. The topological polar surface area (TPSA) is 123 Å². The molecule has 0 bridgehead atoms. The molecule has 0 radical (unpaired) electrons. The predicted molar refractivity (Wildman–Crippen MR) is 123 cm³/mol. The minimum Gasteiger partial charge on any atom is -0.493 e. The van der Waals surface area contributed by atoms with Gasteiger partial charge in [-0.2, -0.15) is 0 Å². The van der Waals surface area contributed by atoms with Gasteiger partial charge in [-0.15, -0.1) is 10.2 Å². The number of hydrogen-bond donors (Lipinski definition) is 3. The van der Waals surface area contributed by atoms with Crippen LogP contribution in [0.4, 0.5) is 11.6 Å². The molecule has 33 heavy (non-hydrogen) atoms. The number of ether oxygens (including phenoxy) is 3. The third-order valence-electron chi connectivity index (χ3n) is 5.07. The van der Waals surface area contributed by atoms with Crippen LogP contribution >= 0.6 is 0 Å². The van der Waals surface area contributed by atoms with E-state index >= 15 is 0 Å². The molecular weight excluding hydrogens is 424 g/mol. The first kappa shape index (κ1) is 21.9. The molecule has 2 heterocycles. The van der Waals surface area contributed by atoms with Crippen molar-refractivity contribution in [1.82, 2.24) is 25.5 Å². The van der Waals surface area contributed by atoms with E-state index in [-0.39, 0.29) is 17.9 Å². The van der Waals surface area contributed by atoms with Crippen molar-refractivity contribution in [2.75, 3.05) is 26.6 Å². The molecule has 2 aromatic carbocycles. The van der Waals surface area contributed by atoms with Crippen molar-refractivity contribution >= 4 is 28.4 Å². The molecule has 1 amide bonds. The minimum atomic E-state index is -0.390. The van der Waals surface area contributed by atoms with Crippen LogP contribution in [0, 0.1) is 0 Å². The van der Waals surface area contributed by atoms with Crippen LogP contribution in [0.3, 0.4) is 0 Å². The summed E-state index contributed by atoms with van der Waals surface area (Å²) in [6.45, 7) is 1.82. The SMILES string of the molecule is COc1cc(Nc2ncc(C(C)NC(=O)c3cc4ccccc4[nH]3)nn2)cc(OC)c1OC. The van der Waals surface area contributed by atoms with Crippen molar-refractivity contribution < 1.29 is 19.0 Å². The fraction of sp³-hybridized carbons (Fsp3) is 0.217. The smallest absolute Gasteiger partial charge is 0.268 e. The summed E-state index contributed by atoms with van der Waals surface area (Å²) in [5.41, 5.74) is 2.54. The number of hydrogen-bond acceptors (Lipinski definition) is 8. The summed E-state index contributed by atoms with van der Waals surface area (Å²) >= 11 is 0. The highest BCUT2D eigenvalue weighted by atomic mass is 16.5. The summed E-state index contributed by atoms with van der Waals surface area (Å²) in [4.78, 5) is 20.0. The Morgan fingerprint density at radius 1 is 1.00 bits per heavy atom. The lowest BCUT2D eigenvalue weighted by atomic mass is 10.2. The summed E-state index contributed by atoms with van der Waals surface area (Å²) in [5, 5.41) is 15.3. The van der Waals surface area contributed by atoms with Crippen LogP contribution in [0.2, 0.25) is 0 Å². The third kappa shape index (κ3) is 4.64. The summed E-state index contributed by atoms with van der Waals surface area (Å²) in [6.07, 6.45) is 1.56. The van der Waals surface area contributed by atoms with E-state index in [9.17, 15) is 4.79 Å². The molecule has 1 unspecified atom stereocenters. The first-order chi connectivity index (χ1) is 16.0. The van der Waals surface area contributed by atoms with E-state index in [1.807, 2.05) is 37.3 Å². The number of anilines is 2. The van der Waals surface area contributed by atoms with Gasteiger partial charge in [-0.3, -0.25) is 4.79 Å². The average Bonchev–Trinajstić information content (AvgIpc) is 3.28. The second-order valence-electron chi connectivity index (χ2n) is 7.21. The normalized spacial score (nSPS) is 11.6. The number of H-pyrrole nitrogens is 1. The van der Waals surface area contributed by atoms with Crippen molar-refractivity contribution in [3.05, 3.63) is 60.0 Å². The molecule has 10 heteroatoms. The molecule has 10 nitrogen and oxygen atoms in total. The second kappa shape index (κ2) is 9.43. The number of carbonyl (C=O) groups excluding carboxylic acids is 1. The molecule has 0 fully saturated rings. The van der Waals surface area contributed by atoms with Crippen LogP contribution in [-0.4, -0.2) is 47.4 Å². The highest BCUT2D eigenvalue weighted by Gasteiger charge is 2.17. The largest absolute Gasteiger partial charge is 0.493 e. The van der Waals surface area contributed by atoms with Gasteiger partial charge in [0.2, 0.25) is 11.7 Å². The van der Waals surface area contributed by atoms with Crippen LogP contribution in [0.15, 0.2) is 48.7 Å². The third-order valence-corrected chi connectivity index (χ3v) is 5.07. The number of methoxy groups -OCH3 is 3. The zero-order chi connectivity index (χ0) is 23.4. The maximum atomic E-state index is 12.6. The van der Waals surface area contributed by atoms with Crippen LogP contribution in [0.5, 0.6) is 17.2 Å². The Kier molecular flexibility index (Phi) is 6.25. The highest BCUT2D eigenvalue weighted by Crippen LogP contribution is 2.40. The average molecular weight is 448 g/mol. The quantitative estimate of drug-likeness (QED) is 0.374. The van der Waals surface area contributed by atoms with E-state index < -0.39 is 0 Å².